The van der Waals surface area contributed by atoms with E-state index in [1.807, 2.05) is 0 Å². The third-order valence-electron chi connectivity index (χ3n) is 4.18. The highest BCUT2D eigenvalue weighted by molar-refractivity contribution is 5.78. The van der Waals surface area contributed by atoms with Crippen molar-refractivity contribution in [3.05, 3.63) is 0 Å². The van der Waals surface area contributed by atoms with Crippen LogP contribution in [-0.2, 0) is 4.79 Å². The summed E-state index contributed by atoms with van der Waals surface area (Å²) in [6.45, 7) is 0.877. The van der Waals surface area contributed by atoms with E-state index in [0.29, 0.717) is 23.8 Å². The van der Waals surface area contributed by atoms with Crippen molar-refractivity contribution in [2.24, 2.45) is 17.6 Å². The molecule has 2 rings (SSSR count). The lowest BCUT2D eigenvalue weighted by Crippen LogP contribution is -2.36. The Morgan fingerprint density at radius 1 is 1.06 bits per heavy atom. The maximum absolute atomic E-state index is 11.8. The molecule has 1 amide bonds. The zero-order valence-electron chi connectivity index (χ0n) is 10.1. The second-order valence-corrected chi connectivity index (χ2v) is 5.51. The first-order chi connectivity index (χ1) is 7.75. The highest BCUT2D eigenvalue weighted by atomic mass is 16.1. The largest absolute Gasteiger partial charge is 0.356 e. The van der Waals surface area contributed by atoms with Gasteiger partial charge in [0.2, 0.25) is 5.91 Å². The van der Waals surface area contributed by atoms with Crippen LogP contribution < -0.4 is 11.1 Å². The Bertz CT molecular complexity index is 228. The Kier molecular flexibility index (Phi) is 4.22. The fourth-order valence-electron chi connectivity index (χ4n) is 2.97. The zero-order chi connectivity index (χ0) is 11.4. The van der Waals surface area contributed by atoms with Gasteiger partial charge in [-0.2, -0.15) is 0 Å². The van der Waals surface area contributed by atoms with Crippen LogP contribution in [-0.4, -0.2) is 18.5 Å². The topological polar surface area (TPSA) is 55.1 Å². The first-order valence-electron chi connectivity index (χ1n) is 6.79. The van der Waals surface area contributed by atoms with Crippen LogP contribution in [0.3, 0.4) is 0 Å². The number of nitrogens with one attached hydrogen (secondary N) is 1. The number of carbonyl (C=O) groups is 1. The van der Waals surface area contributed by atoms with E-state index >= 15 is 0 Å². The van der Waals surface area contributed by atoms with Crippen molar-refractivity contribution in [2.75, 3.05) is 6.54 Å². The number of hydrogen-bond donors (Lipinski definition) is 2. The third kappa shape index (κ3) is 3.21. The molecule has 3 heteroatoms. The first kappa shape index (κ1) is 11.9. The Hall–Kier alpha value is -0.570. The Balaban J connectivity index is 1.65. The molecule has 0 aliphatic heterocycles. The number of nitrogens with two attached hydrogens (primary N) is 1. The van der Waals surface area contributed by atoms with Crippen molar-refractivity contribution in [3.8, 4) is 0 Å². The average molecular weight is 224 g/mol. The highest BCUT2D eigenvalue weighted by Gasteiger charge is 2.24. The van der Waals surface area contributed by atoms with Crippen LogP contribution in [0, 0.1) is 11.8 Å². The summed E-state index contributed by atoms with van der Waals surface area (Å²) >= 11 is 0. The fourth-order valence-corrected chi connectivity index (χ4v) is 2.97. The third-order valence-corrected chi connectivity index (χ3v) is 4.18. The zero-order valence-corrected chi connectivity index (χ0v) is 10.1. The van der Waals surface area contributed by atoms with Crippen LogP contribution in [0.4, 0.5) is 0 Å². The van der Waals surface area contributed by atoms with E-state index in [1.165, 1.54) is 25.7 Å². The molecule has 0 aromatic carbocycles. The average Bonchev–Trinajstić information content (AvgIpc) is 2.81. The van der Waals surface area contributed by atoms with Crippen LogP contribution >= 0.6 is 0 Å². The predicted molar refractivity (Wildman–Crippen MR) is 64.9 cm³/mol. The van der Waals surface area contributed by atoms with Crippen molar-refractivity contribution in [2.45, 2.75) is 57.4 Å². The number of carbonyl (C=O) groups excluding carboxylic acids is 1. The van der Waals surface area contributed by atoms with Crippen molar-refractivity contribution in [3.63, 3.8) is 0 Å². The van der Waals surface area contributed by atoms with Crippen LogP contribution in [0.15, 0.2) is 0 Å². The minimum Gasteiger partial charge on any atom is -0.356 e. The van der Waals surface area contributed by atoms with Gasteiger partial charge in [0.05, 0.1) is 0 Å². The van der Waals surface area contributed by atoms with Gasteiger partial charge < -0.3 is 11.1 Å². The lowest BCUT2D eigenvalue weighted by molar-refractivity contribution is -0.125. The molecule has 0 saturated heterocycles. The van der Waals surface area contributed by atoms with Gasteiger partial charge in [0.25, 0.3) is 0 Å². The molecule has 0 spiro atoms. The molecule has 2 fully saturated rings. The van der Waals surface area contributed by atoms with Crippen molar-refractivity contribution in [1.29, 1.82) is 0 Å². The lowest BCUT2D eigenvalue weighted by atomic mass is 9.86. The molecule has 0 unspecified atom stereocenters. The lowest BCUT2D eigenvalue weighted by Gasteiger charge is -2.26. The van der Waals surface area contributed by atoms with E-state index in [-0.39, 0.29) is 0 Å². The van der Waals surface area contributed by atoms with E-state index in [2.05, 4.69) is 5.32 Å². The van der Waals surface area contributed by atoms with E-state index in [4.69, 9.17) is 5.73 Å². The molecule has 2 aliphatic rings. The highest BCUT2D eigenvalue weighted by Crippen LogP contribution is 2.25. The minimum atomic E-state index is 0.298. The van der Waals surface area contributed by atoms with Gasteiger partial charge in [-0.25, -0.2) is 0 Å². The quantitative estimate of drug-likeness (QED) is 0.768. The molecule has 0 aromatic heterocycles. The van der Waals surface area contributed by atoms with Gasteiger partial charge in [-0.05, 0) is 44.4 Å². The van der Waals surface area contributed by atoms with E-state index < -0.39 is 0 Å². The van der Waals surface area contributed by atoms with Crippen LogP contribution in [0.25, 0.3) is 0 Å². The molecule has 92 valence electrons. The van der Waals surface area contributed by atoms with Crippen LogP contribution in [0.5, 0.6) is 0 Å². The van der Waals surface area contributed by atoms with Gasteiger partial charge in [0.15, 0.2) is 0 Å². The minimum absolute atomic E-state index is 0.298. The fraction of sp³-hybridized carbons (Fsp3) is 0.923. The maximum Gasteiger partial charge on any atom is 0.223 e. The smallest absolute Gasteiger partial charge is 0.223 e. The van der Waals surface area contributed by atoms with Gasteiger partial charge in [-0.3, -0.25) is 4.79 Å². The SMILES string of the molecule is NC1CCC(CNC(=O)C2CCCC2)CC1. The summed E-state index contributed by atoms with van der Waals surface area (Å²) in [7, 11) is 0. The molecule has 0 bridgehead atoms. The molecular weight excluding hydrogens is 200 g/mol. The standard InChI is InChI=1S/C13H24N2O/c14-12-7-5-10(6-8-12)9-15-13(16)11-3-1-2-4-11/h10-12H,1-9,14H2,(H,15,16). The van der Waals surface area contributed by atoms with Gasteiger partial charge >= 0.3 is 0 Å². The Morgan fingerprint density at radius 2 is 1.69 bits per heavy atom. The summed E-state index contributed by atoms with van der Waals surface area (Å²) in [5, 5.41) is 3.13. The molecule has 0 aromatic rings. The molecule has 3 N–H and O–H groups in total. The van der Waals surface area contributed by atoms with Gasteiger partial charge in [-0.15, -0.1) is 0 Å². The molecule has 2 aliphatic carbocycles. The molecule has 0 atom stereocenters. The molecular formula is C13H24N2O. The second kappa shape index (κ2) is 5.67. The summed E-state index contributed by atoms with van der Waals surface area (Å²) in [6.07, 6.45) is 9.29. The number of amides is 1. The monoisotopic (exact) mass is 224 g/mol. The Labute approximate surface area is 98.2 Å². The van der Waals surface area contributed by atoms with E-state index in [0.717, 1.165) is 32.2 Å². The summed E-state index contributed by atoms with van der Waals surface area (Å²) in [5.41, 5.74) is 5.87. The van der Waals surface area contributed by atoms with Gasteiger partial charge in [0, 0.05) is 18.5 Å². The van der Waals surface area contributed by atoms with Crippen LogP contribution in [0.2, 0.25) is 0 Å². The predicted octanol–water partition coefficient (Wildman–Crippen LogP) is 1.81. The van der Waals surface area contributed by atoms with Gasteiger partial charge in [-0.1, -0.05) is 12.8 Å². The number of rotatable bonds is 3. The molecule has 3 nitrogen and oxygen atoms in total. The van der Waals surface area contributed by atoms with Crippen molar-refractivity contribution in [1.82, 2.24) is 5.32 Å². The normalized spacial score (nSPS) is 31.6. The van der Waals surface area contributed by atoms with Gasteiger partial charge in [0.1, 0.15) is 0 Å². The first-order valence-corrected chi connectivity index (χ1v) is 6.79. The summed E-state index contributed by atoms with van der Waals surface area (Å²) in [6, 6.07) is 0.404. The summed E-state index contributed by atoms with van der Waals surface area (Å²) in [4.78, 5) is 11.8. The Morgan fingerprint density at radius 3 is 2.31 bits per heavy atom. The maximum atomic E-state index is 11.8. The molecule has 16 heavy (non-hydrogen) atoms. The van der Waals surface area contributed by atoms with E-state index in [1.54, 1.807) is 0 Å². The van der Waals surface area contributed by atoms with Crippen LogP contribution in [0.1, 0.15) is 51.4 Å². The van der Waals surface area contributed by atoms with Crippen molar-refractivity contribution >= 4 is 5.91 Å². The second-order valence-electron chi connectivity index (χ2n) is 5.51. The molecule has 0 radical (unpaired) electrons. The van der Waals surface area contributed by atoms with E-state index in [9.17, 15) is 4.79 Å². The summed E-state index contributed by atoms with van der Waals surface area (Å²) in [5.74, 6) is 1.28. The van der Waals surface area contributed by atoms with Crippen molar-refractivity contribution < 1.29 is 4.79 Å². The molecule has 2 saturated carbocycles. The summed E-state index contributed by atoms with van der Waals surface area (Å²) < 4.78 is 0. The molecule has 0 heterocycles. The number of hydrogen-bond acceptors (Lipinski definition) is 2.